The van der Waals surface area contributed by atoms with Crippen LogP contribution in [0.15, 0.2) is 75.9 Å². The van der Waals surface area contributed by atoms with Crippen molar-refractivity contribution >= 4 is 22.6 Å². The lowest BCUT2D eigenvalue weighted by atomic mass is 10.0. The Hall–Kier alpha value is -4.40. The lowest BCUT2D eigenvalue weighted by molar-refractivity contribution is -0.118. The maximum absolute atomic E-state index is 12.9. The third-order valence-corrected chi connectivity index (χ3v) is 5.17. The van der Waals surface area contributed by atoms with Crippen LogP contribution in [0.1, 0.15) is 5.56 Å². The van der Waals surface area contributed by atoms with Gasteiger partial charge in [0, 0.05) is 28.8 Å². The van der Waals surface area contributed by atoms with Crippen LogP contribution in [-0.4, -0.2) is 26.2 Å². The third kappa shape index (κ3) is 5.75. The number of fused-ring (bicyclic) bond motifs is 1. The molecular weight excluding hydrogens is 460 g/mol. The Morgan fingerprint density at radius 2 is 1.74 bits per heavy atom. The molecular formula is C26H21F2NO6. The lowest BCUT2D eigenvalue weighted by Gasteiger charge is -2.14. The first kappa shape index (κ1) is 23.7. The van der Waals surface area contributed by atoms with E-state index < -0.39 is 18.1 Å². The molecule has 180 valence electrons. The molecule has 0 aliphatic carbocycles. The fourth-order valence-electron chi connectivity index (χ4n) is 3.54. The fourth-order valence-corrected chi connectivity index (χ4v) is 3.54. The largest absolute Gasteiger partial charge is 0.497 e. The van der Waals surface area contributed by atoms with Gasteiger partial charge in [0.2, 0.25) is 0 Å². The number of hydrogen-bond acceptors (Lipinski definition) is 6. The minimum Gasteiger partial charge on any atom is -0.497 e. The molecule has 0 aliphatic rings. The number of anilines is 1. The summed E-state index contributed by atoms with van der Waals surface area (Å²) in [5.41, 5.74) is 1.98. The average molecular weight is 481 g/mol. The number of ether oxygens (including phenoxy) is 3. The van der Waals surface area contributed by atoms with Crippen molar-refractivity contribution in [3.8, 4) is 28.4 Å². The van der Waals surface area contributed by atoms with Crippen LogP contribution in [0.5, 0.6) is 17.2 Å². The summed E-state index contributed by atoms with van der Waals surface area (Å²) in [6, 6.07) is 17.5. The van der Waals surface area contributed by atoms with Gasteiger partial charge in [-0.2, -0.15) is 8.78 Å². The molecule has 1 aromatic heterocycles. The van der Waals surface area contributed by atoms with Gasteiger partial charge in [-0.25, -0.2) is 4.79 Å². The smallest absolute Gasteiger partial charge is 0.387 e. The second-order valence-corrected chi connectivity index (χ2v) is 7.56. The van der Waals surface area contributed by atoms with Crippen molar-refractivity contribution in [2.75, 3.05) is 19.0 Å². The minimum atomic E-state index is -3.00. The van der Waals surface area contributed by atoms with Crippen LogP contribution in [-0.2, 0) is 4.79 Å². The Balaban J connectivity index is 1.49. The van der Waals surface area contributed by atoms with E-state index in [2.05, 4.69) is 10.1 Å². The number of nitrogens with one attached hydrogen (secondary N) is 1. The molecule has 0 radical (unpaired) electrons. The highest BCUT2D eigenvalue weighted by atomic mass is 19.3. The summed E-state index contributed by atoms with van der Waals surface area (Å²) in [6.45, 7) is -1.53. The van der Waals surface area contributed by atoms with Gasteiger partial charge in [0.1, 0.15) is 22.8 Å². The van der Waals surface area contributed by atoms with Gasteiger partial charge in [-0.05, 0) is 60.5 Å². The Kier molecular flexibility index (Phi) is 6.96. The number of carbonyl (C=O) groups is 1. The van der Waals surface area contributed by atoms with Gasteiger partial charge in [0.25, 0.3) is 5.91 Å². The first-order valence-electron chi connectivity index (χ1n) is 10.5. The number of aryl methyl sites for hydroxylation is 1. The van der Waals surface area contributed by atoms with E-state index in [4.69, 9.17) is 13.9 Å². The van der Waals surface area contributed by atoms with Crippen LogP contribution in [0.2, 0.25) is 0 Å². The first-order valence-corrected chi connectivity index (χ1v) is 10.5. The van der Waals surface area contributed by atoms with Crippen molar-refractivity contribution in [3.05, 3.63) is 82.7 Å². The van der Waals surface area contributed by atoms with Crippen molar-refractivity contribution in [2.24, 2.45) is 0 Å². The molecule has 1 heterocycles. The van der Waals surface area contributed by atoms with E-state index in [0.29, 0.717) is 33.9 Å². The molecule has 0 atom stereocenters. The van der Waals surface area contributed by atoms with Gasteiger partial charge in [0.05, 0.1) is 7.11 Å². The summed E-state index contributed by atoms with van der Waals surface area (Å²) < 4.78 is 46.3. The van der Waals surface area contributed by atoms with Crippen LogP contribution < -0.4 is 25.2 Å². The number of benzene rings is 3. The van der Waals surface area contributed by atoms with Crippen LogP contribution in [0.25, 0.3) is 22.1 Å². The third-order valence-electron chi connectivity index (χ3n) is 5.17. The Bertz CT molecular complexity index is 1420. The number of amides is 1. The first-order chi connectivity index (χ1) is 16.8. The van der Waals surface area contributed by atoms with Crippen molar-refractivity contribution in [1.29, 1.82) is 0 Å². The molecule has 35 heavy (non-hydrogen) atoms. The highest BCUT2D eigenvalue weighted by molar-refractivity contribution is 5.93. The van der Waals surface area contributed by atoms with Gasteiger partial charge in [0.15, 0.2) is 6.61 Å². The normalized spacial score (nSPS) is 10.9. The average Bonchev–Trinajstić information content (AvgIpc) is 2.83. The van der Waals surface area contributed by atoms with Gasteiger partial charge in [-0.15, -0.1) is 0 Å². The zero-order chi connectivity index (χ0) is 24.9. The Labute approximate surface area is 198 Å². The molecule has 0 aliphatic heterocycles. The zero-order valence-electron chi connectivity index (χ0n) is 18.8. The van der Waals surface area contributed by atoms with Crippen LogP contribution in [0, 0.1) is 6.92 Å². The topological polar surface area (TPSA) is 87.0 Å². The minimum absolute atomic E-state index is 0.0348. The van der Waals surface area contributed by atoms with Crippen LogP contribution >= 0.6 is 0 Å². The predicted octanol–water partition coefficient (Wildman–Crippen LogP) is 5.40. The number of carbonyl (C=O) groups excluding carboxylic acids is 1. The highest BCUT2D eigenvalue weighted by Crippen LogP contribution is 2.34. The van der Waals surface area contributed by atoms with E-state index >= 15 is 0 Å². The maximum Gasteiger partial charge on any atom is 0.387 e. The molecule has 0 fully saturated rings. The lowest BCUT2D eigenvalue weighted by Crippen LogP contribution is -2.20. The second-order valence-electron chi connectivity index (χ2n) is 7.56. The van der Waals surface area contributed by atoms with Crippen molar-refractivity contribution in [3.63, 3.8) is 0 Å². The summed E-state index contributed by atoms with van der Waals surface area (Å²) in [7, 11) is 1.52. The van der Waals surface area contributed by atoms with Gasteiger partial charge in [-0.1, -0.05) is 12.1 Å². The zero-order valence-corrected chi connectivity index (χ0v) is 18.8. The molecule has 0 saturated heterocycles. The summed E-state index contributed by atoms with van der Waals surface area (Å²) in [6.07, 6.45) is 0. The molecule has 0 spiro atoms. The molecule has 4 aromatic rings. The Morgan fingerprint density at radius 1 is 1.00 bits per heavy atom. The highest BCUT2D eigenvalue weighted by Gasteiger charge is 2.14. The number of alkyl halides is 2. The van der Waals surface area contributed by atoms with E-state index in [1.165, 1.54) is 37.4 Å². The fraction of sp³-hybridized carbons (Fsp3) is 0.154. The molecule has 4 rings (SSSR count). The number of hydrogen-bond donors (Lipinski definition) is 1. The van der Waals surface area contributed by atoms with Crippen molar-refractivity contribution in [1.82, 2.24) is 0 Å². The molecule has 1 N–H and O–H groups in total. The molecule has 9 heteroatoms. The molecule has 7 nitrogen and oxygen atoms in total. The number of rotatable bonds is 8. The quantitative estimate of drug-likeness (QED) is 0.339. The standard InChI is InChI=1S/C26H21F2NO6/c1-15-11-25(31)34-23-13-19(8-9-20(15)23)33-14-24(30)29-17-5-10-22(35-26(27)28)21(12-17)16-3-6-18(32-2)7-4-16/h3-13,26H,14H2,1-2H3,(H,29,30). The van der Waals surface area contributed by atoms with Gasteiger partial charge < -0.3 is 23.9 Å². The molecule has 1 amide bonds. The SMILES string of the molecule is COc1ccc(-c2cc(NC(=O)COc3ccc4c(C)cc(=O)oc4c3)ccc2OC(F)F)cc1. The summed E-state index contributed by atoms with van der Waals surface area (Å²) in [5.74, 6) is 0.446. The van der Waals surface area contributed by atoms with E-state index in [1.807, 2.05) is 0 Å². The van der Waals surface area contributed by atoms with E-state index in [9.17, 15) is 18.4 Å². The molecule has 0 bridgehead atoms. The van der Waals surface area contributed by atoms with Crippen molar-refractivity contribution < 1.29 is 32.2 Å². The second kappa shape index (κ2) is 10.3. The van der Waals surface area contributed by atoms with Gasteiger partial charge >= 0.3 is 12.2 Å². The number of methoxy groups -OCH3 is 1. The summed E-state index contributed by atoms with van der Waals surface area (Å²) >= 11 is 0. The molecule has 3 aromatic carbocycles. The predicted molar refractivity (Wildman–Crippen MR) is 126 cm³/mol. The van der Waals surface area contributed by atoms with Crippen LogP contribution in [0.4, 0.5) is 14.5 Å². The summed E-state index contributed by atoms with van der Waals surface area (Å²) in [4.78, 5) is 24.1. The van der Waals surface area contributed by atoms with E-state index in [-0.39, 0.29) is 12.4 Å². The molecule has 0 unspecified atom stereocenters. The Morgan fingerprint density at radius 3 is 2.46 bits per heavy atom. The van der Waals surface area contributed by atoms with E-state index in [0.717, 1.165) is 10.9 Å². The van der Waals surface area contributed by atoms with Crippen molar-refractivity contribution in [2.45, 2.75) is 13.5 Å². The van der Waals surface area contributed by atoms with Gasteiger partial charge in [-0.3, -0.25) is 4.79 Å². The van der Waals surface area contributed by atoms with E-state index in [1.54, 1.807) is 43.3 Å². The molecule has 0 saturated carbocycles. The summed E-state index contributed by atoms with van der Waals surface area (Å²) in [5, 5.41) is 3.44. The van der Waals surface area contributed by atoms with Crippen LogP contribution in [0.3, 0.4) is 0 Å². The monoisotopic (exact) mass is 481 g/mol. The number of halogens is 2. The maximum atomic E-state index is 12.9.